The van der Waals surface area contributed by atoms with Crippen molar-refractivity contribution in [3.63, 3.8) is 0 Å². The third kappa shape index (κ3) is 6.82. The molecule has 0 aromatic carbocycles. The fourth-order valence-electron chi connectivity index (χ4n) is 13.8. The molecule has 2 aromatic rings. The number of nitrogens with zero attached hydrogens (tertiary/aromatic N) is 5. The number of aliphatic carboxylic acids is 1. The van der Waals surface area contributed by atoms with Crippen LogP contribution in [-0.4, -0.2) is 79.3 Å². The molecule has 2 aromatic heterocycles. The standard InChI is InChI=1S/C47H68ClN5O6/c1-27(2)36-31(54)24-47(38(56)40-51-50-39(53(40)23-22-52(10)11)30-14-12-28(48)26-49-30)21-20-45(8)29(37(36)47)13-15-33-44(7)18-17-34(59-35(55)25-42(3,4)41(57)58)43(5,6)32(44)16-19-46(33,45)9/h12,14,26-27,29,32-34,38,56H,13,15-25H2,1-11H3,(H,57,58)/t29?,32-,33+,34-,38+,44-,45+,46+,47+/m0/s1. The number of ketones is 1. The molecule has 324 valence electrons. The number of carboxylic acid groups (broad SMARTS) is 1. The number of aliphatic hydroxyl groups is 1. The maximum Gasteiger partial charge on any atom is 0.309 e. The van der Waals surface area contributed by atoms with Crippen LogP contribution in [0.5, 0.6) is 0 Å². The number of allylic oxidation sites excluding steroid dienone is 1. The Balaban J connectivity index is 1.23. The summed E-state index contributed by atoms with van der Waals surface area (Å²) in [7, 11) is 4.04. The van der Waals surface area contributed by atoms with Gasteiger partial charge in [-0.15, -0.1) is 10.2 Å². The molecule has 7 rings (SSSR count). The highest BCUT2D eigenvalue weighted by Crippen LogP contribution is 2.77. The summed E-state index contributed by atoms with van der Waals surface area (Å²) in [5.74, 6) is 0.683. The molecular formula is C47H68ClN5O6. The van der Waals surface area contributed by atoms with Crippen LogP contribution in [0.4, 0.5) is 0 Å². The van der Waals surface area contributed by atoms with E-state index in [1.165, 1.54) is 5.57 Å². The molecule has 0 spiro atoms. The minimum absolute atomic E-state index is 0.0114. The molecule has 59 heavy (non-hydrogen) atoms. The molecule has 2 N–H and O–H groups in total. The van der Waals surface area contributed by atoms with Gasteiger partial charge in [-0.05, 0) is 143 Å². The highest BCUT2D eigenvalue weighted by atomic mass is 35.5. The molecule has 0 amide bonds. The summed E-state index contributed by atoms with van der Waals surface area (Å²) < 4.78 is 8.20. The molecule has 0 radical (unpaired) electrons. The Morgan fingerprint density at radius 3 is 2.32 bits per heavy atom. The molecule has 5 aliphatic rings. The highest BCUT2D eigenvalue weighted by Gasteiger charge is 2.71. The van der Waals surface area contributed by atoms with Crippen LogP contribution in [0.25, 0.3) is 11.5 Å². The zero-order valence-corrected chi connectivity index (χ0v) is 38.1. The van der Waals surface area contributed by atoms with E-state index in [1.54, 1.807) is 26.1 Å². The van der Waals surface area contributed by atoms with Gasteiger partial charge in [0.1, 0.15) is 17.9 Å². The molecule has 11 nitrogen and oxygen atoms in total. The number of carboxylic acids is 1. The SMILES string of the molecule is CC(C)C1=C2C3CC[C@@H]4[C@@]5(C)CC[C@H](OC(=O)CC(C)(C)C(=O)O)C(C)(C)[C@@H]5CC[C@@]4(C)[C@]3(C)CC[C@@]2([C@H](O)c2nnc(-c3ccc(Cl)cn3)n2CCN(C)C)CC1=O. The molecule has 1 unspecified atom stereocenters. The second-order valence-electron chi connectivity index (χ2n) is 21.7. The van der Waals surface area contributed by atoms with E-state index in [0.29, 0.717) is 53.7 Å². The van der Waals surface area contributed by atoms with Gasteiger partial charge in [-0.1, -0.05) is 60.1 Å². The topological polar surface area (TPSA) is 148 Å². The Hall–Kier alpha value is -3.15. The molecule has 5 aliphatic carbocycles. The maximum absolute atomic E-state index is 14.4. The number of esters is 1. The lowest BCUT2D eigenvalue weighted by atomic mass is 9.33. The number of fused-ring (bicyclic) bond motifs is 7. The smallest absolute Gasteiger partial charge is 0.309 e. The van der Waals surface area contributed by atoms with E-state index in [9.17, 15) is 24.6 Å². The van der Waals surface area contributed by atoms with E-state index in [4.69, 9.17) is 21.4 Å². The number of carbonyl (C=O) groups excluding carboxylic acids is 2. The average molecular weight is 835 g/mol. The van der Waals surface area contributed by atoms with Crippen molar-refractivity contribution in [2.45, 2.75) is 145 Å². The van der Waals surface area contributed by atoms with Crippen LogP contribution in [0.1, 0.15) is 138 Å². The Bertz CT molecular complexity index is 2020. The van der Waals surface area contributed by atoms with Gasteiger partial charge in [0.05, 0.1) is 16.9 Å². The van der Waals surface area contributed by atoms with Gasteiger partial charge in [0.25, 0.3) is 0 Å². The van der Waals surface area contributed by atoms with Crippen molar-refractivity contribution in [3.05, 3.63) is 40.3 Å². The van der Waals surface area contributed by atoms with E-state index >= 15 is 0 Å². The Morgan fingerprint density at radius 2 is 1.69 bits per heavy atom. The first-order valence-electron chi connectivity index (χ1n) is 22.0. The Kier molecular flexibility index (Phi) is 11.2. The van der Waals surface area contributed by atoms with E-state index in [1.807, 2.05) is 24.7 Å². The van der Waals surface area contributed by atoms with Crippen LogP contribution in [0.15, 0.2) is 29.5 Å². The molecule has 2 heterocycles. The molecular weight excluding hydrogens is 766 g/mol. The van der Waals surface area contributed by atoms with Crippen LogP contribution >= 0.6 is 11.6 Å². The summed E-state index contributed by atoms with van der Waals surface area (Å²) in [6, 6.07) is 3.62. The van der Waals surface area contributed by atoms with Gasteiger partial charge in [-0.3, -0.25) is 19.4 Å². The Labute approximate surface area is 356 Å². The third-order valence-electron chi connectivity index (χ3n) is 17.1. The van der Waals surface area contributed by atoms with Crippen LogP contribution < -0.4 is 0 Å². The van der Waals surface area contributed by atoms with Crippen molar-refractivity contribution in [2.24, 2.45) is 56.2 Å². The van der Waals surface area contributed by atoms with E-state index in [2.05, 4.69) is 63.4 Å². The zero-order chi connectivity index (χ0) is 43.2. The lowest BCUT2D eigenvalue weighted by Gasteiger charge is -2.72. The summed E-state index contributed by atoms with van der Waals surface area (Å²) in [5.41, 5.74) is 0.347. The van der Waals surface area contributed by atoms with Gasteiger partial charge in [0.2, 0.25) is 0 Å². The van der Waals surface area contributed by atoms with Crippen molar-refractivity contribution < 1.29 is 29.3 Å². The average Bonchev–Trinajstić information content (AvgIpc) is 3.70. The normalized spacial score (nSPS) is 34.6. The van der Waals surface area contributed by atoms with Gasteiger partial charge in [0.15, 0.2) is 17.4 Å². The number of halogens is 1. The minimum atomic E-state index is -1.19. The van der Waals surface area contributed by atoms with Gasteiger partial charge in [-0.2, -0.15) is 0 Å². The van der Waals surface area contributed by atoms with Gasteiger partial charge in [0, 0.05) is 36.5 Å². The highest BCUT2D eigenvalue weighted by molar-refractivity contribution is 6.30. The van der Waals surface area contributed by atoms with E-state index in [0.717, 1.165) is 50.5 Å². The number of hydrogen-bond acceptors (Lipinski definition) is 9. The second-order valence-corrected chi connectivity index (χ2v) is 22.1. The quantitative estimate of drug-likeness (QED) is 0.210. The number of pyridine rings is 1. The maximum atomic E-state index is 14.4. The van der Waals surface area contributed by atoms with Crippen LogP contribution in [0, 0.1) is 56.2 Å². The number of rotatable bonds is 11. The Morgan fingerprint density at radius 1 is 0.983 bits per heavy atom. The van der Waals surface area contributed by atoms with Gasteiger partial charge in [-0.25, -0.2) is 0 Å². The number of likely N-dealkylation sites (N-methyl/N-ethyl adjacent to an activating group) is 1. The molecule has 0 aliphatic heterocycles. The summed E-state index contributed by atoms with van der Waals surface area (Å²) in [5, 5.41) is 32.5. The van der Waals surface area contributed by atoms with Crippen LogP contribution in [-0.2, 0) is 25.7 Å². The van der Waals surface area contributed by atoms with Crippen LogP contribution in [0.2, 0.25) is 5.02 Å². The first kappa shape index (κ1) is 43.9. The molecule has 9 atom stereocenters. The monoisotopic (exact) mass is 833 g/mol. The minimum Gasteiger partial charge on any atom is -0.481 e. The third-order valence-corrected chi connectivity index (χ3v) is 17.4. The van der Waals surface area contributed by atoms with Gasteiger partial charge >= 0.3 is 11.9 Å². The number of hydrogen-bond donors (Lipinski definition) is 2. The van der Waals surface area contributed by atoms with Crippen molar-refractivity contribution in [1.29, 1.82) is 0 Å². The molecule has 4 saturated carbocycles. The predicted molar refractivity (Wildman–Crippen MR) is 227 cm³/mol. The van der Waals surface area contributed by atoms with Crippen molar-refractivity contribution >= 4 is 29.3 Å². The largest absolute Gasteiger partial charge is 0.481 e. The van der Waals surface area contributed by atoms with Crippen molar-refractivity contribution in [3.8, 4) is 11.5 Å². The fourth-order valence-corrected chi connectivity index (χ4v) is 13.9. The first-order chi connectivity index (χ1) is 27.4. The molecule has 4 fully saturated rings. The fraction of sp³-hybridized carbons (Fsp3) is 0.745. The summed E-state index contributed by atoms with van der Waals surface area (Å²) in [6.07, 6.45) is 7.70. The van der Waals surface area contributed by atoms with Gasteiger partial charge < -0.3 is 24.4 Å². The number of aromatic nitrogens is 4. The predicted octanol–water partition coefficient (Wildman–Crippen LogP) is 8.98. The van der Waals surface area contributed by atoms with E-state index < -0.39 is 28.9 Å². The second kappa shape index (κ2) is 15.0. The summed E-state index contributed by atoms with van der Waals surface area (Å²) >= 11 is 6.21. The van der Waals surface area contributed by atoms with Crippen LogP contribution in [0.3, 0.4) is 0 Å². The summed E-state index contributed by atoms with van der Waals surface area (Å²) in [6.45, 7) is 20.7. The summed E-state index contributed by atoms with van der Waals surface area (Å²) in [4.78, 5) is 46.1. The number of aliphatic hydroxyl groups excluding tert-OH is 1. The first-order valence-corrected chi connectivity index (χ1v) is 22.4. The molecule has 0 saturated heterocycles. The molecule has 0 bridgehead atoms. The lowest BCUT2D eigenvalue weighted by Crippen LogP contribution is -2.66. The lowest BCUT2D eigenvalue weighted by molar-refractivity contribution is -0.235. The number of Topliss-reactive ketones (excluding diaryl/α,β-unsaturated/α-hetero) is 1. The van der Waals surface area contributed by atoms with Crippen molar-refractivity contribution in [2.75, 3.05) is 20.6 Å². The molecule has 12 heteroatoms. The van der Waals surface area contributed by atoms with Crippen molar-refractivity contribution in [1.82, 2.24) is 24.6 Å². The number of carbonyl (C=O) groups is 3. The number of ether oxygens (including phenoxy) is 1. The van der Waals surface area contributed by atoms with E-state index in [-0.39, 0.29) is 58.2 Å². The zero-order valence-electron chi connectivity index (χ0n) is 37.3.